The minimum absolute atomic E-state index is 0.0874. The summed E-state index contributed by atoms with van der Waals surface area (Å²) in [6, 6.07) is 13.1. The molecule has 0 aliphatic carbocycles. The number of hydrogen-bond acceptors (Lipinski definition) is 6. The fraction of sp³-hybridized carbons (Fsp3) is 0.105. The van der Waals surface area contributed by atoms with Crippen molar-refractivity contribution in [2.45, 2.75) is 11.8 Å². The molecule has 0 saturated heterocycles. The molecule has 1 aromatic carbocycles. The molecule has 9 heteroatoms. The number of hydrazone groups is 1. The molecule has 28 heavy (non-hydrogen) atoms. The largest absolute Gasteiger partial charge is 0.271 e. The molecule has 2 heterocycles. The molecule has 144 valence electrons. The molecule has 0 atom stereocenters. The van der Waals surface area contributed by atoms with E-state index >= 15 is 0 Å². The Bertz CT molecular complexity index is 1060. The number of anilines is 1. The van der Waals surface area contributed by atoms with Crippen LogP contribution in [0.1, 0.15) is 10.4 Å². The van der Waals surface area contributed by atoms with Gasteiger partial charge in [-0.05, 0) is 48.2 Å². The molecule has 0 aliphatic heterocycles. The molecule has 2 aromatic heterocycles. The third-order valence-electron chi connectivity index (χ3n) is 3.83. The van der Waals surface area contributed by atoms with E-state index in [0.717, 1.165) is 14.7 Å². The second-order valence-electron chi connectivity index (χ2n) is 5.80. The lowest BCUT2D eigenvalue weighted by atomic mass is 10.3. The number of aromatic nitrogens is 1. The van der Waals surface area contributed by atoms with E-state index in [1.54, 1.807) is 30.3 Å². The summed E-state index contributed by atoms with van der Waals surface area (Å²) >= 11 is 1.50. The van der Waals surface area contributed by atoms with Gasteiger partial charge in [0, 0.05) is 11.1 Å². The van der Waals surface area contributed by atoms with Crippen molar-refractivity contribution in [3.63, 3.8) is 0 Å². The lowest BCUT2D eigenvalue weighted by molar-refractivity contribution is -0.119. The van der Waals surface area contributed by atoms with Crippen LogP contribution in [-0.4, -0.2) is 32.1 Å². The fourth-order valence-corrected chi connectivity index (χ4v) is 4.60. The van der Waals surface area contributed by atoms with Gasteiger partial charge < -0.3 is 0 Å². The van der Waals surface area contributed by atoms with E-state index in [2.05, 4.69) is 15.5 Å². The predicted molar refractivity (Wildman–Crippen MR) is 110 cm³/mol. The Morgan fingerprint density at radius 3 is 2.64 bits per heavy atom. The van der Waals surface area contributed by atoms with Crippen LogP contribution >= 0.6 is 11.3 Å². The minimum Gasteiger partial charge on any atom is -0.271 e. The zero-order chi connectivity index (χ0) is 20.0. The highest BCUT2D eigenvalue weighted by Gasteiger charge is 2.27. The highest BCUT2D eigenvalue weighted by atomic mass is 32.2. The highest BCUT2D eigenvalue weighted by Crippen LogP contribution is 2.22. The Labute approximate surface area is 167 Å². The third kappa shape index (κ3) is 4.62. The molecule has 0 spiro atoms. The molecular formula is C19H18N4O3S2. The molecule has 7 nitrogen and oxygen atoms in total. The molecule has 0 bridgehead atoms. The highest BCUT2D eigenvalue weighted by molar-refractivity contribution is 7.92. The number of rotatable bonds is 7. The summed E-state index contributed by atoms with van der Waals surface area (Å²) in [4.78, 5) is 17.3. The standard InChI is InChI=1S/C19H18N4O3S2/c1-15-9-11-27-18(15)13-21-22-19(24)14-23(16-6-5-10-20-12-16)28(25,26)17-7-3-2-4-8-17/h2-13H,14H2,1H3,(H,22,24)/b21-13-. The number of aryl methyl sites for hydroxylation is 1. The summed E-state index contributed by atoms with van der Waals surface area (Å²) in [5.41, 5.74) is 3.72. The average molecular weight is 415 g/mol. The lowest BCUT2D eigenvalue weighted by Crippen LogP contribution is -2.39. The van der Waals surface area contributed by atoms with Crippen molar-refractivity contribution in [2.75, 3.05) is 10.8 Å². The normalized spacial score (nSPS) is 11.5. The smallest absolute Gasteiger partial charge is 0.264 e. The molecule has 3 rings (SSSR count). The van der Waals surface area contributed by atoms with Gasteiger partial charge >= 0.3 is 0 Å². The molecule has 0 saturated carbocycles. The van der Waals surface area contributed by atoms with Crippen LogP contribution in [0.5, 0.6) is 0 Å². The number of benzene rings is 1. The number of amides is 1. The fourth-order valence-electron chi connectivity index (χ4n) is 2.38. The number of nitrogens with one attached hydrogen (secondary N) is 1. The van der Waals surface area contributed by atoms with E-state index < -0.39 is 22.5 Å². The molecule has 0 radical (unpaired) electrons. The van der Waals surface area contributed by atoms with Crippen LogP contribution in [0.4, 0.5) is 5.69 Å². The number of pyridine rings is 1. The number of carbonyl (C=O) groups is 1. The van der Waals surface area contributed by atoms with E-state index in [1.807, 2.05) is 18.4 Å². The van der Waals surface area contributed by atoms with Gasteiger partial charge in [-0.3, -0.25) is 14.1 Å². The molecule has 1 N–H and O–H groups in total. The number of thiophene rings is 1. The van der Waals surface area contributed by atoms with Crippen LogP contribution in [0.2, 0.25) is 0 Å². The van der Waals surface area contributed by atoms with Gasteiger partial charge in [0.1, 0.15) is 6.54 Å². The average Bonchev–Trinajstić information content (AvgIpc) is 3.12. The first-order valence-corrected chi connectivity index (χ1v) is 10.6. The summed E-state index contributed by atoms with van der Waals surface area (Å²) in [5, 5.41) is 5.85. The summed E-state index contributed by atoms with van der Waals surface area (Å²) in [7, 11) is -3.94. The van der Waals surface area contributed by atoms with Gasteiger partial charge in [0.2, 0.25) is 0 Å². The first-order chi connectivity index (χ1) is 13.5. The minimum atomic E-state index is -3.94. The van der Waals surface area contributed by atoms with Crippen LogP contribution < -0.4 is 9.73 Å². The van der Waals surface area contributed by atoms with Crippen LogP contribution in [0.3, 0.4) is 0 Å². The van der Waals surface area contributed by atoms with Gasteiger partial charge in [0.05, 0.1) is 23.0 Å². The van der Waals surface area contributed by atoms with Crippen molar-refractivity contribution in [2.24, 2.45) is 5.10 Å². The lowest BCUT2D eigenvalue weighted by Gasteiger charge is -2.23. The molecule has 0 aliphatic rings. The number of nitrogens with zero attached hydrogens (tertiary/aromatic N) is 3. The van der Waals surface area contributed by atoms with Gasteiger partial charge in [-0.15, -0.1) is 11.3 Å². The van der Waals surface area contributed by atoms with E-state index in [-0.39, 0.29) is 4.90 Å². The molecule has 0 fully saturated rings. The van der Waals surface area contributed by atoms with Crippen LogP contribution in [0.25, 0.3) is 0 Å². The van der Waals surface area contributed by atoms with E-state index in [4.69, 9.17) is 0 Å². The van der Waals surface area contributed by atoms with Crippen molar-refractivity contribution in [1.82, 2.24) is 10.4 Å². The molecule has 3 aromatic rings. The first-order valence-electron chi connectivity index (χ1n) is 8.32. The summed E-state index contributed by atoms with van der Waals surface area (Å²) in [5.74, 6) is -0.561. The van der Waals surface area contributed by atoms with E-state index in [0.29, 0.717) is 5.69 Å². The Morgan fingerprint density at radius 1 is 1.21 bits per heavy atom. The summed E-state index contributed by atoms with van der Waals surface area (Å²) in [6.07, 6.45) is 4.47. The van der Waals surface area contributed by atoms with Gasteiger partial charge in [-0.25, -0.2) is 13.8 Å². The number of hydrogen-bond donors (Lipinski definition) is 1. The first kappa shape index (κ1) is 19.7. The Kier molecular flexibility index (Phi) is 6.17. The van der Waals surface area contributed by atoms with E-state index in [9.17, 15) is 13.2 Å². The summed E-state index contributed by atoms with van der Waals surface area (Å²) in [6.45, 7) is 1.51. The number of sulfonamides is 1. The molecule has 0 unspecified atom stereocenters. The predicted octanol–water partition coefficient (Wildman–Crippen LogP) is 2.80. The Morgan fingerprint density at radius 2 is 2.00 bits per heavy atom. The third-order valence-corrected chi connectivity index (χ3v) is 6.57. The Balaban J connectivity index is 1.81. The zero-order valence-corrected chi connectivity index (χ0v) is 16.7. The monoisotopic (exact) mass is 414 g/mol. The van der Waals surface area contributed by atoms with E-state index in [1.165, 1.54) is 42.1 Å². The number of carbonyl (C=O) groups excluding carboxylic acids is 1. The van der Waals surface area contributed by atoms with Gasteiger partial charge in [-0.1, -0.05) is 18.2 Å². The van der Waals surface area contributed by atoms with Crippen molar-refractivity contribution in [3.8, 4) is 0 Å². The second kappa shape index (κ2) is 8.77. The van der Waals surface area contributed by atoms with Crippen LogP contribution in [0, 0.1) is 6.92 Å². The van der Waals surface area contributed by atoms with Crippen molar-refractivity contribution < 1.29 is 13.2 Å². The maximum atomic E-state index is 13.1. The SMILES string of the molecule is Cc1ccsc1/C=N\NC(=O)CN(c1cccnc1)S(=O)(=O)c1ccccc1. The maximum Gasteiger partial charge on any atom is 0.264 e. The molecule has 1 amide bonds. The second-order valence-corrected chi connectivity index (χ2v) is 8.61. The van der Waals surface area contributed by atoms with Crippen LogP contribution in [0.15, 0.2) is 76.3 Å². The Hall–Kier alpha value is -3.04. The zero-order valence-electron chi connectivity index (χ0n) is 15.0. The molecular weight excluding hydrogens is 396 g/mol. The van der Waals surface area contributed by atoms with Crippen LogP contribution in [-0.2, 0) is 14.8 Å². The summed E-state index contributed by atoms with van der Waals surface area (Å²) < 4.78 is 27.1. The quantitative estimate of drug-likeness (QED) is 0.475. The van der Waals surface area contributed by atoms with Gasteiger partial charge in [-0.2, -0.15) is 5.10 Å². The van der Waals surface area contributed by atoms with Gasteiger partial charge in [0.25, 0.3) is 15.9 Å². The maximum absolute atomic E-state index is 13.1. The van der Waals surface area contributed by atoms with Crippen molar-refractivity contribution in [3.05, 3.63) is 76.7 Å². The van der Waals surface area contributed by atoms with Crippen molar-refractivity contribution in [1.29, 1.82) is 0 Å². The topological polar surface area (TPSA) is 91.7 Å². The van der Waals surface area contributed by atoms with Gasteiger partial charge in [0.15, 0.2) is 0 Å². The van der Waals surface area contributed by atoms with Crippen molar-refractivity contribution >= 4 is 39.2 Å².